The lowest BCUT2D eigenvalue weighted by Crippen LogP contribution is -2.53. The second-order valence-corrected chi connectivity index (χ2v) is 5.36. The van der Waals surface area contributed by atoms with Crippen molar-refractivity contribution in [3.05, 3.63) is 30.1 Å². The molecule has 0 radical (unpaired) electrons. The van der Waals surface area contributed by atoms with E-state index in [1.165, 1.54) is 25.3 Å². The summed E-state index contributed by atoms with van der Waals surface area (Å²) in [5, 5.41) is 0. The highest BCUT2D eigenvalue weighted by Crippen LogP contribution is 2.15. The second kappa shape index (κ2) is 7.92. The molecule has 1 heterocycles. The Morgan fingerprint density at radius 1 is 1.22 bits per heavy atom. The van der Waals surface area contributed by atoms with Gasteiger partial charge in [-0.2, -0.15) is 0 Å². The fourth-order valence-corrected chi connectivity index (χ4v) is 2.44. The summed E-state index contributed by atoms with van der Waals surface area (Å²) in [4.78, 5) is 27.4. The lowest BCUT2D eigenvalue weighted by molar-refractivity contribution is -0.145. The normalized spacial score (nSPS) is 16.1. The number of hydrogen-bond donors (Lipinski definition) is 0. The van der Waals surface area contributed by atoms with Gasteiger partial charge in [0.05, 0.1) is 0 Å². The molecule has 0 aromatic heterocycles. The molecule has 1 aromatic carbocycles. The highest BCUT2D eigenvalue weighted by molar-refractivity contribution is 5.82. The van der Waals surface area contributed by atoms with Crippen LogP contribution < -0.4 is 4.74 Å². The standard InChI is InChI=1S/C16H21FN2O4/c1-12(23-14-5-3-4-13(17)10-14)16(21)19-8-6-18(7-9-19)15(20)11-22-2/h3-5,10,12H,6-9,11H2,1-2H3. The number of methoxy groups -OCH3 is 1. The first-order valence-corrected chi connectivity index (χ1v) is 7.49. The molecule has 1 saturated heterocycles. The van der Waals surface area contributed by atoms with E-state index in [4.69, 9.17) is 9.47 Å². The third-order valence-electron chi connectivity index (χ3n) is 3.67. The van der Waals surface area contributed by atoms with Gasteiger partial charge in [-0.1, -0.05) is 6.07 Å². The smallest absolute Gasteiger partial charge is 0.263 e. The molecule has 0 N–H and O–H groups in total. The Bertz CT molecular complexity index is 559. The van der Waals surface area contributed by atoms with Gasteiger partial charge in [0.25, 0.3) is 5.91 Å². The van der Waals surface area contributed by atoms with Crippen LogP contribution in [0.25, 0.3) is 0 Å². The highest BCUT2D eigenvalue weighted by atomic mass is 19.1. The van der Waals surface area contributed by atoms with Crippen molar-refractivity contribution in [3.63, 3.8) is 0 Å². The fourth-order valence-electron chi connectivity index (χ4n) is 2.44. The SMILES string of the molecule is COCC(=O)N1CCN(C(=O)C(C)Oc2cccc(F)c2)CC1. The minimum Gasteiger partial charge on any atom is -0.481 e. The molecule has 0 bridgehead atoms. The van der Waals surface area contributed by atoms with Crippen LogP contribution in [-0.2, 0) is 14.3 Å². The van der Waals surface area contributed by atoms with Crippen molar-refractivity contribution >= 4 is 11.8 Å². The van der Waals surface area contributed by atoms with E-state index in [1.807, 2.05) is 0 Å². The number of piperazine rings is 1. The van der Waals surface area contributed by atoms with E-state index in [0.29, 0.717) is 31.9 Å². The maximum atomic E-state index is 13.1. The average Bonchev–Trinajstić information content (AvgIpc) is 2.54. The summed E-state index contributed by atoms with van der Waals surface area (Å²) in [5.41, 5.74) is 0. The molecule has 1 aliphatic rings. The zero-order chi connectivity index (χ0) is 16.8. The van der Waals surface area contributed by atoms with Crippen molar-refractivity contribution < 1.29 is 23.5 Å². The summed E-state index contributed by atoms with van der Waals surface area (Å²) in [6.07, 6.45) is -0.710. The molecule has 23 heavy (non-hydrogen) atoms. The summed E-state index contributed by atoms with van der Waals surface area (Å²) < 4.78 is 23.4. The first-order chi connectivity index (χ1) is 11.0. The van der Waals surface area contributed by atoms with Crippen molar-refractivity contribution in [2.75, 3.05) is 39.9 Å². The molecule has 7 heteroatoms. The number of benzene rings is 1. The molecule has 2 rings (SSSR count). The molecule has 126 valence electrons. The number of nitrogens with zero attached hydrogens (tertiary/aromatic N) is 2. The lowest BCUT2D eigenvalue weighted by Gasteiger charge is -2.35. The molecule has 2 amide bonds. The quantitative estimate of drug-likeness (QED) is 0.808. The van der Waals surface area contributed by atoms with Crippen LogP contribution in [0.4, 0.5) is 4.39 Å². The van der Waals surface area contributed by atoms with Crippen molar-refractivity contribution in [1.29, 1.82) is 0 Å². The molecule has 0 spiro atoms. The van der Waals surface area contributed by atoms with E-state index in [2.05, 4.69) is 0 Å². The van der Waals surface area contributed by atoms with E-state index in [0.717, 1.165) is 0 Å². The van der Waals surface area contributed by atoms with Gasteiger partial charge in [0, 0.05) is 39.4 Å². The van der Waals surface area contributed by atoms with E-state index in [1.54, 1.807) is 22.8 Å². The van der Waals surface area contributed by atoms with Gasteiger partial charge < -0.3 is 19.3 Å². The zero-order valence-electron chi connectivity index (χ0n) is 13.3. The summed E-state index contributed by atoms with van der Waals surface area (Å²) in [5.74, 6) is -0.344. The maximum Gasteiger partial charge on any atom is 0.263 e. The highest BCUT2D eigenvalue weighted by Gasteiger charge is 2.27. The molecule has 1 aliphatic heterocycles. The minimum atomic E-state index is -0.710. The van der Waals surface area contributed by atoms with Crippen LogP contribution in [0.2, 0.25) is 0 Å². The first kappa shape index (κ1) is 17.2. The van der Waals surface area contributed by atoms with Gasteiger partial charge in [0.1, 0.15) is 18.2 Å². The Labute approximate surface area is 134 Å². The predicted octanol–water partition coefficient (Wildman–Crippen LogP) is 0.910. The molecular formula is C16H21FN2O4. The summed E-state index contributed by atoms with van der Waals surface area (Å²) in [7, 11) is 1.48. The van der Waals surface area contributed by atoms with Crippen LogP contribution in [0.15, 0.2) is 24.3 Å². The number of carbonyl (C=O) groups excluding carboxylic acids is 2. The molecule has 1 unspecified atom stereocenters. The minimum absolute atomic E-state index is 0.0486. The monoisotopic (exact) mass is 324 g/mol. The Morgan fingerprint density at radius 3 is 2.48 bits per heavy atom. The van der Waals surface area contributed by atoms with Crippen LogP contribution in [0.3, 0.4) is 0 Å². The van der Waals surface area contributed by atoms with Crippen molar-refractivity contribution in [2.45, 2.75) is 13.0 Å². The van der Waals surface area contributed by atoms with E-state index in [9.17, 15) is 14.0 Å². The van der Waals surface area contributed by atoms with E-state index < -0.39 is 11.9 Å². The maximum absolute atomic E-state index is 13.1. The number of ether oxygens (including phenoxy) is 2. The van der Waals surface area contributed by atoms with Crippen LogP contribution in [0, 0.1) is 5.82 Å². The number of amides is 2. The lowest BCUT2D eigenvalue weighted by atomic mass is 10.2. The molecule has 0 aliphatic carbocycles. The van der Waals surface area contributed by atoms with Crippen LogP contribution in [-0.4, -0.2) is 67.6 Å². The van der Waals surface area contributed by atoms with E-state index >= 15 is 0 Å². The zero-order valence-corrected chi connectivity index (χ0v) is 13.3. The van der Waals surface area contributed by atoms with Crippen LogP contribution in [0.5, 0.6) is 5.75 Å². The molecule has 1 fully saturated rings. The number of hydrogen-bond acceptors (Lipinski definition) is 4. The molecule has 0 saturated carbocycles. The topological polar surface area (TPSA) is 59.1 Å². The summed E-state index contributed by atoms with van der Waals surface area (Å²) >= 11 is 0. The van der Waals surface area contributed by atoms with Crippen molar-refractivity contribution in [2.24, 2.45) is 0 Å². The first-order valence-electron chi connectivity index (χ1n) is 7.49. The van der Waals surface area contributed by atoms with Crippen LogP contribution in [0.1, 0.15) is 6.92 Å². The molecule has 1 aromatic rings. The van der Waals surface area contributed by atoms with Gasteiger partial charge in [0.15, 0.2) is 6.10 Å². The molecule has 1 atom stereocenters. The Kier molecular flexibility index (Phi) is 5.92. The van der Waals surface area contributed by atoms with Gasteiger partial charge in [-0.05, 0) is 19.1 Å². The molecular weight excluding hydrogens is 303 g/mol. The van der Waals surface area contributed by atoms with Gasteiger partial charge in [-0.3, -0.25) is 9.59 Å². The average molecular weight is 324 g/mol. The fraction of sp³-hybridized carbons (Fsp3) is 0.500. The number of rotatable bonds is 5. The Balaban J connectivity index is 1.85. The number of halogens is 1. The Morgan fingerprint density at radius 2 is 1.87 bits per heavy atom. The second-order valence-electron chi connectivity index (χ2n) is 5.36. The van der Waals surface area contributed by atoms with Crippen molar-refractivity contribution in [1.82, 2.24) is 9.80 Å². The van der Waals surface area contributed by atoms with Gasteiger partial charge in [0.2, 0.25) is 5.91 Å². The number of carbonyl (C=O) groups is 2. The summed E-state index contributed by atoms with van der Waals surface area (Å²) in [6.45, 7) is 3.53. The third-order valence-corrected chi connectivity index (χ3v) is 3.67. The van der Waals surface area contributed by atoms with Gasteiger partial charge in [-0.15, -0.1) is 0 Å². The molecule has 6 nitrogen and oxygen atoms in total. The van der Waals surface area contributed by atoms with E-state index in [-0.39, 0.29) is 18.4 Å². The van der Waals surface area contributed by atoms with Gasteiger partial charge >= 0.3 is 0 Å². The van der Waals surface area contributed by atoms with Gasteiger partial charge in [-0.25, -0.2) is 4.39 Å². The largest absolute Gasteiger partial charge is 0.481 e. The summed E-state index contributed by atoms with van der Waals surface area (Å²) in [6, 6.07) is 5.69. The third kappa shape index (κ3) is 4.66. The predicted molar refractivity (Wildman–Crippen MR) is 81.5 cm³/mol. The van der Waals surface area contributed by atoms with Crippen LogP contribution >= 0.6 is 0 Å². The Hall–Kier alpha value is -2.15. The van der Waals surface area contributed by atoms with Crippen molar-refractivity contribution in [3.8, 4) is 5.75 Å².